The Morgan fingerprint density at radius 3 is 2.31 bits per heavy atom. The molecule has 84 valence electrons. The Morgan fingerprint density at radius 1 is 1.25 bits per heavy atom. The molecule has 0 unspecified atom stereocenters. The first kappa shape index (κ1) is 10.7. The summed E-state index contributed by atoms with van der Waals surface area (Å²) in [5, 5.41) is 9.05. The SMILES string of the molecule is O=C1CC(C(=O)O)(c2ccc(F)c(F)c2)C1. The standard InChI is InChI=1S/C11H8F2O3/c12-8-2-1-6(3-9(8)13)11(10(15)16)4-7(14)5-11/h1-3H,4-5H2,(H,15,16). The largest absolute Gasteiger partial charge is 0.481 e. The van der Waals surface area contributed by atoms with Gasteiger partial charge >= 0.3 is 5.97 Å². The molecule has 1 aliphatic carbocycles. The molecule has 0 bridgehead atoms. The van der Waals surface area contributed by atoms with Crippen molar-refractivity contribution in [2.75, 3.05) is 0 Å². The van der Waals surface area contributed by atoms with E-state index in [1.54, 1.807) is 0 Å². The van der Waals surface area contributed by atoms with E-state index in [1.807, 2.05) is 0 Å². The van der Waals surface area contributed by atoms with Gasteiger partial charge in [-0.1, -0.05) is 6.07 Å². The summed E-state index contributed by atoms with van der Waals surface area (Å²) in [6.45, 7) is 0. The van der Waals surface area contributed by atoms with Crippen molar-refractivity contribution in [1.82, 2.24) is 0 Å². The Bertz CT molecular complexity index is 474. The highest BCUT2D eigenvalue weighted by atomic mass is 19.2. The van der Waals surface area contributed by atoms with Crippen LogP contribution in [0.2, 0.25) is 0 Å². The average Bonchev–Trinajstić information content (AvgIpc) is 2.17. The van der Waals surface area contributed by atoms with Crippen LogP contribution in [0.3, 0.4) is 0 Å². The van der Waals surface area contributed by atoms with E-state index in [4.69, 9.17) is 5.11 Å². The fourth-order valence-corrected chi connectivity index (χ4v) is 1.89. The van der Waals surface area contributed by atoms with Crippen LogP contribution in [0.4, 0.5) is 8.78 Å². The minimum Gasteiger partial charge on any atom is -0.481 e. The smallest absolute Gasteiger partial charge is 0.315 e. The number of hydrogen-bond donors (Lipinski definition) is 1. The first-order valence-corrected chi connectivity index (χ1v) is 4.66. The van der Waals surface area contributed by atoms with Crippen molar-refractivity contribution in [2.24, 2.45) is 0 Å². The number of carboxylic acids is 1. The van der Waals surface area contributed by atoms with Gasteiger partial charge in [-0.15, -0.1) is 0 Å². The summed E-state index contributed by atoms with van der Waals surface area (Å²) in [6.07, 6.45) is -0.319. The summed E-state index contributed by atoms with van der Waals surface area (Å²) in [6, 6.07) is 2.92. The molecule has 5 heteroatoms. The van der Waals surface area contributed by atoms with Crippen LogP contribution < -0.4 is 0 Å². The fraction of sp³-hybridized carbons (Fsp3) is 0.273. The van der Waals surface area contributed by atoms with E-state index in [-0.39, 0.29) is 24.2 Å². The lowest BCUT2D eigenvalue weighted by molar-refractivity contribution is -0.153. The molecule has 1 fully saturated rings. The number of Topliss-reactive ketones (excluding diaryl/α,β-unsaturated/α-hetero) is 1. The molecule has 1 aromatic carbocycles. The molecule has 0 atom stereocenters. The normalized spacial score (nSPS) is 18.0. The highest BCUT2D eigenvalue weighted by Gasteiger charge is 2.51. The van der Waals surface area contributed by atoms with Crippen molar-refractivity contribution in [3.05, 3.63) is 35.4 Å². The van der Waals surface area contributed by atoms with Crippen molar-refractivity contribution < 1.29 is 23.5 Å². The summed E-state index contributed by atoms with van der Waals surface area (Å²) in [5.41, 5.74) is -1.23. The van der Waals surface area contributed by atoms with E-state index < -0.39 is 23.0 Å². The van der Waals surface area contributed by atoms with Gasteiger partial charge in [-0.2, -0.15) is 0 Å². The van der Waals surface area contributed by atoms with Crippen LogP contribution in [0.25, 0.3) is 0 Å². The van der Waals surface area contributed by atoms with E-state index in [2.05, 4.69) is 0 Å². The van der Waals surface area contributed by atoms with E-state index in [0.717, 1.165) is 12.1 Å². The number of hydrogen-bond acceptors (Lipinski definition) is 2. The lowest BCUT2D eigenvalue weighted by atomic mass is 9.63. The fourth-order valence-electron chi connectivity index (χ4n) is 1.89. The lowest BCUT2D eigenvalue weighted by Gasteiger charge is -2.36. The number of aliphatic carboxylic acids is 1. The van der Waals surface area contributed by atoms with Gasteiger partial charge in [0.2, 0.25) is 0 Å². The maximum atomic E-state index is 13.0. The monoisotopic (exact) mass is 226 g/mol. The van der Waals surface area contributed by atoms with E-state index >= 15 is 0 Å². The molecule has 1 aromatic rings. The molecule has 3 nitrogen and oxygen atoms in total. The molecule has 0 aromatic heterocycles. The van der Waals surface area contributed by atoms with Crippen molar-refractivity contribution in [2.45, 2.75) is 18.3 Å². The molecule has 0 radical (unpaired) electrons. The first-order valence-electron chi connectivity index (χ1n) is 4.66. The number of halogens is 2. The second-order valence-corrected chi connectivity index (χ2v) is 3.91. The van der Waals surface area contributed by atoms with Crippen molar-refractivity contribution in [3.63, 3.8) is 0 Å². The molecule has 1 saturated carbocycles. The molecular formula is C11H8F2O3. The molecular weight excluding hydrogens is 218 g/mol. The number of carboxylic acid groups (broad SMARTS) is 1. The van der Waals surface area contributed by atoms with Gasteiger partial charge in [-0.3, -0.25) is 9.59 Å². The zero-order valence-corrected chi connectivity index (χ0v) is 8.17. The molecule has 0 amide bonds. The average molecular weight is 226 g/mol. The summed E-state index contributed by atoms with van der Waals surface area (Å²) in [5.74, 6) is -3.50. The van der Waals surface area contributed by atoms with Crippen LogP contribution in [0.5, 0.6) is 0 Å². The molecule has 2 rings (SSSR count). The topological polar surface area (TPSA) is 54.4 Å². The molecule has 1 aliphatic rings. The molecule has 16 heavy (non-hydrogen) atoms. The Hall–Kier alpha value is -1.78. The van der Waals surface area contributed by atoms with Crippen molar-refractivity contribution in [1.29, 1.82) is 0 Å². The third kappa shape index (κ3) is 1.39. The number of rotatable bonds is 2. The number of benzene rings is 1. The van der Waals surface area contributed by atoms with Crippen LogP contribution in [0, 0.1) is 11.6 Å². The van der Waals surface area contributed by atoms with E-state index in [9.17, 15) is 18.4 Å². The predicted octanol–water partition coefficient (Wildman–Crippen LogP) is 1.65. The van der Waals surface area contributed by atoms with Gasteiger partial charge in [0.25, 0.3) is 0 Å². The highest BCUT2D eigenvalue weighted by Crippen LogP contribution is 2.41. The van der Waals surface area contributed by atoms with Crippen molar-refractivity contribution in [3.8, 4) is 0 Å². The Kier molecular flexibility index (Phi) is 2.26. The van der Waals surface area contributed by atoms with Gasteiger partial charge in [-0.05, 0) is 17.7 Å². The predicted molar refractivity (Wildman–Crippen MR) is 49.9 cm³/mol. The van der Waals surface area contributed by atoms with E-state index in [0.29, 0.717) is 0 Å². The van der Waals surface area contributed by atoms with Crippen LogP contribution in [0.15, 0.2) is 18.2 Å². The highest BCUT2D eigenvalue weighted by molar-refractivity contribution is 6.01. The van der Waals surface area contributed by atoms with Gasteiger partial charge in [0.15, 0.2) is 11.6 Å². The van der Waals surface area contributed by atoms with Crippen LogP contribution in [-0.2, 0) is 15.0 Å². The van der Waals surface area contributed by atoms with Gasteiger partial charge in [0.1, 0.15) is 11.2 Å². The summed E-state index contributed by atoms with van der Waals surface area (Å²) >= 11 is 0. The zero-order valence-electron chi connectivity index (χ0n) is 8.17. The first-order chi connectivity index (χ1) is 7.45. The lowest BCUT2D eigenvalue weighted by Crippen LogP contribution is -2.48. The van der Waals surface area contributed by atoms with Crippen LogP contribution >= 0.6 is 0 Å². The maximum Gasteiger partial charge on any atom is 0.315 e. The Balaban J connectivity index is 2.45. The van der Waals surface area contributed by atoms with E-state index in [1.165, 1.54) is 6.07 Å². The molecule has 0 heterocycles. The quantitative estimate of drug-likeness (QED) is 0.834. The number of ketones is 1. The summed E-state index contributed by atoms with van der Waals surface area (Å²) < 4.78 is 25.7. The molecule has 1 N–H and O–H groups in total. The van der Waals surface area contributed by atoms with Crippen LogP contribution in [0.1, 0.15) is 18.4 Å². The number of carbonyl (C=O) groups is 2. The molecule has 0 spiro atoms. The maximum absolute atomic E-state index is 13.0. The third-order valence-electron chi connectivity index (χ3n) is 2.88. The number of carbonyl (C=O) groups excluding carboxylic acids is 1. The minimum atomic E-state index is -1.37. The second-order valence-electron chi connectivity index (χ2n) is 3.91. The second kappa shape index (κ2) is 3.37. The molecule has 0 aliphatic heterocycles. The molecule has 0 saturated heterocycles. The van der Waals surface area contributed by atoms with Gasteiger partial charge in [-0.25, -0.2) is 8.78 Å². The Morgan fingerprint density at radius 2 is 1.88 bits per heavy atom. The summed E-state index contributed by atoms with van der Waals surface area (Å²) in [4.78, 5) is 22.0. The zero-order chi connectivity index (χ0) is 11.9. The van der Waals surface area contributed by atoms with Gasteiger partial charge in [0.05, 0.1) is 0 Å². The minimum absolute atomic E-state index is 0.138. The van der Waals surface area contributed by atoms with Gasteiger partial charge in [0, 0.05) is 12.8 Å². The van der Waals surface area contributed by atoms with Crippen LogP contribution in [-0.4, -0.2) is 16.9 Å². The van der Waals surface area contributed by atoms with Gasteiger partial charge < -0.3 is 5.11 Å². The van der Waals surface area contributed by atoms with Crippen molar-refractivity contribution >= 4 is 11.8 Å². The third-order valence-corrected chi connectivity index (χ3v) is 2.88. The summed E-state index contributed by atoms with van der Waals surface area (Å²) in [7, 11) is 0. The Labute approximate surface area is 89.7 Å².